The molecule has 3 atom stereocenters. The maximum absolute atomic E-state index is 11.5. The summed E-state index contributed by atoms with van der Waals surface area (Å²) in [4.78, 5) is 11.5. The molecule has 2 rings (SSSR count). The quantitative estimate of drug-likeness (QED) is 0.591. The van der Waals surface area contributed by atoms with Gasteiger partial charge >= 0.3 is 0 Å². The molecule has 2 heterocycles. The van der Waals surface area contributed by atoms with Gasteiger partial charge in [0.25, 0.3) is 5.24 Å². The maximum atomic E-state index is 11.5. The van der Waals surface area contributed by atoms with Crippen LogP contribution in [0.5, 0.6) is 0 Å². The van der Waals surface area contributed by atoms with E-state index in [2.05, 4.69) is 24.4 Å². The molecule has 2 aliphatic rings. The molecule has 0 aromatic rings. The van der Waals surface area contributed by atoms with E-state index in [1.165, 1.54) is 11.8 Å². The van der Waals surface area contributed by atoms with Crippen LogP contribution >= 0.6 is 11.8 Å². The van der Waals surface area contributed by atoms with Crippen molar-refractivity contribution in [3.05, 3.63) is 12.2 Å². The van der Waals surface area contributed by atoms with E-state index in [0.717, 1.165) is 25.8 Å². The fourth-order valence-corrected chi connectivity index (χ4v) is 2.93. The lowest BCUT2D eigenvalue weighted by molar-refractivity contribution is 0.121. The van der Waals surface area contributed by atoms with Crippen molar-refractivity contribution in [3.8, 4) is 0 Å². The van der Waals surface area contributed by atoms with Crippen LogP contribution in [0.4, 0.5) is 4.79 Å². The van der Waals surface area contributed by atoms with Crippen LogP contribution in [0.2, 0.25) is 0 Å². The number of unbranched alkanes of at least 4 members (excludes halogenated alkanes) is 1. The SMILES string of the molecule is CCCCNC(=O)SC1CC2C=CC1O2. The summed E-state index contributed by atoms with van der Waals surface area (Å²) in [6.07, 6.45) is 7.74. The van der Waals surface area contributed by atoms with Crippen LogP contribution in [0.3, 0.4) is 0 Å². The molecule has 0 aromatic carbocycles. The molecule has 0 aliphatic carbocycles. The van der Waals surface area contributed by atoms with Crippen molar-refractivity contribution in [1.82, 2.24) is 5.32 Å². The summed E-state index contributed by atoms with van der Waals surface area (Å²) >= 11 is 1.39. The lowest BCUT2D eigenvalue weighted by Gasteiger charge is -2.13. The minimum atomic E-state index is 0.0954. The van der Waals surface area contributed by atoms with Gasteiger partial charge in [0.15, 0.2) is 0 Å². The second-order valence-corrected chi connectivity index (χ2v) is 5.20. The summed E-state index contributed by atoms with van der Waals surface area (Å²) in [5, 5.41) is 3.33. The van der Waals surface area contributed by atoms with Gasteiger partial charge in [-0.25, -0.2) is 0 Å². The van der Waals surface area contributed by atoms with Crippen LogP contribution in [0.15, 0.2) is 12.2 Å². The summed E-state index contributed by atoms with van der Waals surface area (Å²) in [5.41, 5.74) is 0. The molecular formula is C11H17NO2S. The average molecular weight is 227 g/mol. The van der Waals surface area contributed by atoms with Gasteiger partial charge in [-0.3, -0.25) is 4.79 Å². The second-order valence-electron chi connectivity index (χ2n) is 3.98. The summed E-state index contributed by atoms with van der Waals surface area (Å²) < 4.78 is 5.60. The van der Waals surface area contributed by atoms with E-state index >= 15 is 0 Å². The number of hydrogen-bond acceptors (Lipinski definition) is 3. The van der Waals surface area contributed by atoms with Gasteiger partial charge in [0.1, 0.15) is 0 Å². The Morgan fingerprint density at radius 2 is 2.47 bits per heavy atom. The molecule has 2 bridgehead atoms. The Kier molecular flexibility index (Phi) is 3.70. The molecule has 1 amide bonds. The Morgan fingerprint density at radius 3 is 3.07 bits per heavy atom. The fraction of sp³-hybridized carbons (Fsp3) is 0.727. The number of thioether (sulfide) groups is 1. The maximum Gasteiger partial charge on any atom is 0.279 e. The van der Waals surface area contributed by atoms with Crippen molar-refractivity contribution >= 4 is 17.0 Å². The van der Waals surface area contributed by atoms with E-state index in [9.17, 15) is 4.79 Å². The van der Waals surface area contributed by atoms with Gasteiger partial charge in [0, 0.05) is 11.8 Å². The molecule has 0 saturated carbocycles. The Labute approximate surface area is 94.6 Å². The molecule has 0 aromatic heterocycles. The number of ether oxygens (including phenoxy) is 1. The van der Waals surface area contributed by atoms with Crippen molar-refractivity contribution < 1.29 is 9.53 Å². The third-order valence-electron chi connectivity index (χ3n) is 2.74. The summed E-state index contributed by atoms with van der Waals surface area (Å²) in [6.45, 7) is 2.91. The smallest absolute Gasteiger partial charge is 0.279 e. The van der Waals surface area contributed by atoms with Crippen molar-refractivity contribution in [2.24, 2.45) is 0 Å². The monoisotopic (exact) mass is 227 g/mol. The van der Waals surface area contributed by atoms with Crippen LogP contribution in [-0.2, 0) is 4.74 Å². The Bertz CT molecular complexity index is 267. The number of fused-ring (bicyclic) bond motifs is 2. The molecule has 2 aliphatic heterocycles. The van der Waals surface area contributed by atoms with E-state index in [-0.39, 0.29) is 17.4 Å². The van der Waals surface area contributed by atoms with Crippen molar-refractivity contribution in [1.29, 1.82) is 0 Å². The second kappa shape index (κ2) is 5.03. The average Bonchev–Trinajstić information content (AvgIpc) is 2.79. The Hall–Kier alpha value is -0.480. The minimum absolute atomic E-state index is 0.0954. The molecule has 84 valence electrons. The number of amides is 1. The number of nitrogens with one attached hydrogen (secondary N) is 1. The topological polar surface area (TPSA) is 38.3 Å². The highest BCUT2D eigenvalue weighted by atomic mass is 32.2. The summed E-state index contributed by atoms with van der Waals surface area (Å²) in [7, 11) is 0. The highest BCUT2D eigenvalue weighted by Gasteiger charge is 2.38. The zero-order chi connectivity index (χ0) is 10.7. The lowest BCUT2D eigenvalue weighted by Crippen LogP contribution is -2.25. The fourth-order valence-electron chi connectivity index (χ4n) is 1.90. The first kappa shape index (κ1) is 11.0. The van der Waals surface area contributed by atoms with Crippen molar-refractivity contribution in [2.75, 3.05) is 6.54 Å². The van der Waals surface area contributed by atoms with Gasteiger partial charge in [-0.15, -0.1) is 0 Å². The standard InChI is InChI=1S/C11H17NO2S/c1-2-3-6-12-11(13)15-10-7-8-4-5-9(10)14-8/h4-5,8-10H,2-3,6-7H2,1H3,(H,12,13). The Morgan fingerprint density at radius 1 is 1.60 bits per heavy atom. The molecule has 3 unspecified atom stereocenters. The molecule has 1 saturated heterocycles. The van der Waals surface area contributed by atoms with Crippen LogP contribution in [0, 0.1) is 0 Å². The zero-order valence-electron chi connectivity index (χ0n) is 8.94. The first-order valence-electron chi connectivity index (χ1n) is 5.58. The number of rotatable bonds is 4. The van der Waals surface area contributed by atoms with Crippen LogP contribution in [0.1, 0.15) is 26.2 Å². The predicted molar refractivity (Wildman–Crippen MR) is 62.1 cm³/mol. The van der Waals surface area contributed by atoms with E-state index in [4.69, 9.17) is 4.74 Å². The summed E-state index contributed by atoms with van der Waals surface area (Å²) in [5.74, 6) is 0. The van der Waals surface area contributed by atoms with Crippen LogP contribution < -0.4 is 5.32 Å². The van der Waals surface area contributed by atoms with Gasteiger partial charge in [-0.1, -0.05) is 37.3 Å². The zero-order valence-corrected chi connectivity index (χ0v) is 9.76. The van der Waals surface area contributed by atoms with E-state index in [0.29, 0.717) is 5.25 Å². The first-order valence-corrected chi connectivity index (χ1v) is 6.46. The van der Waals surface area contributed by atoms with Gasteiger partial charge < -0.3 is 10.1 Å². The molecule has 1 N–H and O–H groups in total. The molecule has 0 radical (unpaired) electrons. The van der Waals surface area contributed by atoms with E-state index < -0.39 is 0 Å². The minimum Gasteiger partial charge on any atom is -0.366 e. The third-order valence-corrected chi connectivity index (χ3v) is 3.86. The molecular weight excluding hydrogens is 210 g/mol. The van der Waals surface area contributed by atoms with Crippen LogP contribution in [-0.4, -0.2) is 29.2 Å². The van der Waals surface area contributed by atoms with Gasteiger partial charge in [-0.2, -0.15) is 0 Å². The van der Waals surface area contributed by atoms with E-state index in [1.54, 1.807) is 0 Å². The first-order chi connectivity index (χ1) is 7.29. The van der Waals surface area contributed by atoms with E-state index in [1.807, 2.05) is 0 Å². The highest BCUT2D eigenvalue weighted by Crippen LogP contribution is 2.36. The van der Waals surface area contributed by atoms with Gasteiger partial charge in [-0.05, 0) is 12.8 Å². The van der Waals surface area contributed by atoms with Gasteiger partial charge in [0.2, 0.25) is 0 Å². The number of hydrogen-bond donors (Lipinski definition) is 1. The normalized spacial score (nSPS) is 32.2. The highest BCUT2D eigenvalue weighted by molar-refractivity contribution is 8.14. The molecule has 3 nitrogen and oxygen atoms in total. The Balaban J connectivity index is 1.69. The largest absolute Gasteiger partial charge is 0.366 e. The van der Waals surface area contributed by atoms with Gasteiger partial charge in [0.05, 0.1) is 12.2 Å². The molecule has 1 fully saturated rings. The predicted octanol–water partition coefficient (Wildman–Crippen LogP) is 2.33. The third kappa shape index (κ3) is 2.75. The lowest BCUT2D eigenvalue weighted by atomic mass is 10.1. The molecule has 0 spiro atoms. The number of carbonyl (C=O) groups is 1. The summed E-state index contributed by atoms with van der Waals surface area (Å²) in [6, 6.07) is 0. The van der Waals surface area contributed by atoms with Crippen LogP contribution in [0.25, 0.3) is 0 Å². The van der Waals surface area contributed by atoms with Crippen molar-refractivity contribution in [2.45, 2.75) is 43.6 Å². The molecule has 15 heavy (non-hydrogen) atoms. The van der Waals surface area contributed by atoms with Crippen molar-refractivity contribution in [3.63, 3.8) is 0 Å². The molecule has 4 heteroatoms. The number of carbonyl (C=O) groups excluding carboxylic acids is 1.